The Morgan fingerprint density at radius 2 is 2.11 bits per heavy atom. The topological polar surface area (TPSA) is 48.9 Å². The van der Waals surface area contributed by atoms with Crippen LogP contribution < -0.4 is 10.6 Å². The third kappa shape index (κ3) is 7.69. The maximum atomic E-state index is 5.64. The van der Waals surface area contributed by atoms with Crippen LogP contribution >= 0.6 is 35.3 Å². The SMILES string of the molecule is CCNC(=NCc1ccsc1)NCc1cccc(CN2CCOC(C)C2)c1.I. The molecule has 1 aliphatic heterocycles. The van der Waals surface area contributed by atoms with Crippen molar-refractivity contribution in [3.05, 3.63) is 57.8 Å². The number of guanidine groups is 1. The summed E-state index contributed by atoms with van der Waals surface area (Å²) in [6.45, 7) is 10.4. The fraction of sp³-hybridized carbons (Fsp3) is 0.476. The molecule has 0 amide bonds. The lowest BCUT2D eigenvalue weighted by atomic mass is 10.1. The van der Waals surface area contributed by atoms with Crippen molar-refractivity contribution in [1.29, 1.82) is 0 Å². The number of aliphatic imine (C=N–C) groups is 1. The molecule has 0 bridgehead atoms. The molecule has 1 fully saturated rings. The van der Waals surface area contributed by atoms with E-state index in [1.165, 1.54) is 16.7 Å². The molecule has 1 aromatic heterocycles. The standard InChI is InChI=1S/C21H30N4OS.HI/c1-3-22-21(24-13-20-7-10-27-16-20)23-12-18-5-4-6-19(11-18)15-25-8-9-26-17(2)14-25;/h4-7,10-11,16-17H,3,8-9,12-15H2,1-2H3,(H2,22,23,24);1H. The van der Waals surface area contributed by atoms with Gasteiger partial charge in [0, 0.05) is 32.7 Å². The number of ether oxygens (including phenoxy) is 1. The summed E-state index contributed by atoms with van der Waals surface area (Å²) in [5.41, 5.74) is 3.87. The summed E-state index contributed by atoms with van der Waals surface area (Å²) < 4.78 is 5.64. The molecule has 28 heavy (non-hydrogen) atoms. The van der Waals surface area contributed by atoms with Gasteiger partial charge in [-0.1, -0.05) is 24.3 Å². The number of hydrogen-bond donors (Lipinski definition) is 2. The van der Waals surface area contributed by atoms with Crippen molar-refractivity contribution >= 4 is 41.3 Å². The highest BCUT2D eigenvalue weighted by Crippen LogP contribution is 2.12. The molecule has 1 atom stereocenters. The smallest absolute Gasteiger partial charge is 0.191 e. The summed E-state index contributed by atoms with van der Waals surface area (Å²) in [5, 5.41) is 11.0. The monoisotopic (exact) mass is 514 g/mol. The molecule has 2 heterocycles. The van der Waals surface area contributed by atoms with E-state index in [2.05, 4.69) is 75.5 Å². The maximum absolute atomic E-state index is 5.64. The maximum Gasteiger partial charge on any atom is 0.191 e. The van der Waals surface area contributed by atoms with Crippen LogP contribution in [0.25, 0.3) is 0 Å². The molecule has 3 rings (SSSR count). The minimum absolute atomic E-state index is 0. The first kappa shape index (κ1) is 23.1. The summed E-state index contributed by atoms with van der Waals surface area (Å²) in [4.78, 5) is 7.14. The zero-order valence-electron chi connectivity index (χ0n) is 16.7. The molecule has 2 N–H and O–H groups in total. The molecular weight excluding hydrogens is 483 g/mol. The number of halogens is 1. The van der Waals surface area contributed by atoms with Crippen LogP contribution in [-0.4, -0.2) is 43.2 Å². The van der Waals surface area contributed by atoms with Crippen LogP contribution in [0, 0.1) is 0 Å². The molecule has 1 unspecified atom stereocenters. The second-order valence-corrected chi connectivity index (χ2v) is 7.70. The molecule has 0 spiro atoms. The van der Waals surface area contributed by atoms with Crippen molar-refractivity contribution in [2.75, 3.05) is 26.2 Å². The van der Waals surface area contributed by atoms with E-state index in [0.29, 0.717) is 12.6 Å². The highest BCUT2D eigenvalue weighted by molar-refractivity contribution is 14.0. The van der Waals surface area contributed by atoms with E-state index in [-0.39, 0.29) is 24.0 Å². The lowest BCUT2D eigenvalue weighted by Crippen LogP contribution is -2.40. The van der Waals surface area contributed by atoms with Crippen LogP contribution in [0.4, 0.5) is 0 Å². The highest BCUT2D eigenvalue weighted by Gasteiger charge is 2.16. The molecular formula is C21H31IN4OS. The van der Waals surface area contributed by atoms with Crippen molar-refractivity contribution in [3.63, 3.8) is 0 Å². The first-order valence-electron chi connectivity index (χ1n) is 9.68. The van der Waals surface area contributed by atoms with Crippen LogP contribution in [0.3, 0.4) is 0 Å². The van der Waals surface area contributed by atoms with Gasteiger partial charge >= 0.3 is 0 Å². The van der Waals surface area contributed by atoms with Gasteiger partial charge in [0.15, 0.2) is 5.96 Å². The summed E-state index contributed by atoms with van der Waals surface area (Å²) in [5.74, 6) is 0.858. The predicted molar refractivity (Wildman–Crippen MR) is 129 cm³/mol. The van der Waals surface area contributed by atoms with Gasteiger partial charge in [0.25, 0.3) is 0 Å². The molecule has 1 saturated heterocycles. The molecule has 1 aliphatic rings. The second-order valence-electron chi connectivity index (χ2n) is 6.92. The van der Waals surface area contributed by atoms with Gasteiger partial charge in [-0.2, -0.15) is 11.3 Å². The number of morpholine rings is 1. The third-order valence-electron chi connectivity index (χ3n) is 4.53. The number of nitrogens with zero attached hydrogens (tertiary/aromatic N) is 2. The van der Waals surface area contributed by atoms with E-state index < -0.39 is 0 Å². The summed E-state index contributed by atoms with van der Waals surface area (Å²) in [6.07, 6.45) is 0.325. The minimum Gasteiger partial charge on any atom is -0.376 e. The lowest BCUT2D eigenvalue weighted by molar-refractivity contribution is -0.0212. The largest absolute Gasteiger partial charge is 0.376 e. The second kappa shape index (κ2) is 12.4. The van der Waals surface area contributed by atoms with Crippen LogP contribution in [0.1, 0.15) is 30.5 Å². The zero-order valence-corrected chi connectivity index (χ0v) is 19.8. The van der Waals surface area contributed by atoms with Crippen LogP contribution in [-0.2, 0) is 24.4 Å². The Morgan fingerprint density at radius 3 is 2.86 bits per heavy atom. The summed E-state index contributed by atoms with van der Waals surface area (Å²) >= 11 is 1.71. The average Bonchev–Trinajstić information content (AvgIpc) is 3.18. The predicted octanol–water partition coefficient (Wildman–Crippen LogP) is 3.84. The Balaban J connectivity index is 0.00000280. The van der Waals surface area contributed by atoms with Gasteiger partial charge in [-0.15, -0.1) is 24.0 Å². The van der Waals surface area contributed by atoms with Gasteiger partial charge in [-0.3, -0.25) is 4.90 Å². The van der Waals surface area contributed by atoms with Gasteiger partial charge < -0.3 is 15.4 Å². The molecule has 154 valence electrons. The zero-order chi connectivity index (χ0) is 18.9. The minimum atomic E-state index is 0. The van der Waals surface area contributed by atoms with Crippen molar-refractivity contribution in [2.24, 2.45) is 4.99 Å². The number of rotatable bonds is 7. The van der Waals surface area contributed by atoms with E-state index in [4.69, 9.17) is 4.74 Å². The Labute approximate surface area is 189 Å². The third-order valence-corrected chi connectivity index (χ3v) is 5.26. The van der Waals surface area contributed by atoms with Gasteiger partial charge in [0.05, 0.1) is 19.3 Å². The van der Waals surface area contributed by atoms with Crippen LogP contribution in [0.15, 0.2) is 46.1 Å². The Bertz CT molecular complexity index is 723. The van der Waals surface area contributed by atoms with E-state index in [1.807, 2.05) is 0 Å². The van der Waals surface area contributed by atoms with E-state index in [1.54, 1.807) is 11.3 Å². The normalized spacial score (nSPS) is 17.8. The summed E-state index contributed by atoms with van der Waals surface area (Å²) in [6, 6.07) is 10.9. The Morgan fingerprint density at radius 1 is 1.25 bits per heavy atom. The molecule has 2 aromatic rings. The van der Waals surface area contributed by atoms with E-state index in [9.17, 15) is 0 Å². The van der Waals surface area contributed by atoms with Gasteiger partial charge in [-0.05, 0) is 47.4 Å². The molecule has 1 aromatic carbocycles. The number of benzene rings is 1. The van der Waals surface area contributed by atoms with Crippen molar-refractivity contribution in [1.82, 2.24) is 15.5 Å². The fourth-order valence-corrected chi connectivity index (χ4v) is 3.87. The Kier molecular flexibility index (Phi) is 10.3. The lowest BCUT2D eigenvalue weighted by Gasteiger charge is -2.31. The molecule has 0 saturated carbocycles. The Hall–Kier alpha value is -1.16. The molecule has 0 aliphatic carbocycles. The number of nitrogens with one attached hydrogen (secondary N) is 2. The first-order valence-corrected chi connectivity index (χ1v) is 10.6. The van der Waals surface area contributed by atoms with E-state index in [0.717, 1.165) is 45.3 Å². The number of thiophene rings is 1. The van der Waals surface area contributed by atoms with Gasteiger partial charge in [0.1, 0.15) is 0 Å². The van der Waals surface area contributed by atoms with Crippen LogP contribution in [0.5, 0.6) is 0 Å². The van der Waals surface area contributed by atoms with Crippen molar-refractivity contribution < 1.29 is 4.74 Å². The van der Waals surface area contributed by atoms with Gasteiger partial charge in [0.2, 0.25) is 0 Å². The van der Waals surface area contributed by atoms with Crippen molar-refractivity contribution in [3.8, 4) is 0 Å². The molecule has 7 heteroatoms. The summed E-state index contributed by atoms with van der Waals surface area (Å²) in [7, 11) is 0. The van der Waals surface area contributed by atoms with Crippen molar-refractivity contribution in [2.45, 2.75) is 39.6 Å². The number of hydrogen-bond acceptors (Lipinski definition) is 4. The molecule has 0 radical (unpaired) electrons. The fourth-order valence-electron chi connectivity index (χ4n) is 3.21. The van der Waals surface area contributed by atoms with Gasteiger partial charge in [-0.25, -0.2) is 4.99 Å². The van der Waals surface area contributed by atoms with E-state index >= 15 is 0 Å². The quantitative estimate of drug-likeness (QED) is 0.335. The molecule has 5 nitrogen and oxygen atoms in total. The first-order chi connectivity index (χ1) is 13.2. The highest BCUT2D eigenvalue weighted by atomic mass is 127. The van der Waals surface area contributed by atoms with Crippen LogP contribution in [0.2, 0.25) is 0 Å². The average molecular weight is 514 g/mol.